The first-order valence-electron chi connectivity index (χ1n) is 6.36. The van der Waals surface area contributed by atoms with Crippen LogP contribution >= 0.6 is 0 Å². The van der Waals surface area contributed by atoms with Crippen molar-refractivity contribution in [3.63, 3.8) is 0 Å². The number of fused-ring (bicyclic) bond motifs is 1. The normalized spacial score (nSPS) is 10.4. The van der Waals surface area contributed by atoms with E-state index in [-0.39, 0.29) is 5.91 Å². The monoisotopic (exact) mass is 263 g/mol. The highest BCUT2D eigenvalue weighted by molar-refractivity contribution is 5.94. The van der Waals surface area contributed by atoms with Gasteiger partial charge >= 0.3 is 0 Å². The van der Waals surface area contributed by atoms with Gasteiger partial charge in [0.25, 0.3) is 0 Å². The Balaban J connectivity index is 1.74. The molecule has 1 heterocycles. The number of hydrogen-bond acceptors (Lipinski definition) is 3. The zero-order valence-corrected chi connectivity index (χ0v) is 10.8. The van der Waals surface area contributed by atoms with Crippen molar-refractivity contribution < 1.29 is 4.79 Å². The van der Waals surface area contributed by atoms with Gasteiger partial charge in [-0.05, 0) is 23.8 Å². The minimum atomic E-state index is -0.0422. The summed E-state index contributed by atoms with van der Waals surface area (Å²) in [6.45, 7) is 0. The third-order valence-electron chi connectivity index (χ3n) is 2.96. The van der Waals surface area contributed by atoms with Crippen LogP contribution < -0.4 is 5.32 Å². The highest BCUT2D eigenvalue weighted by atomic mass is 16.1. The van der Waals surface area contributed by atoms with Gasteiger partial charge in [0, 0.05) is 18.1 Å². The molecule has 0 aliphatic heterocycles. The summed E-state index contributed by atoms with van der Waals surface area (Å²) < 4.78 is 0. The molecule has 1 amide bonds. The molecule has 0 saturated heterocycles. The number of anilines is 1. The second-order valence-corrected chi connectivity index (χ2v) is 4.47. The van der Waals surface area contributed by atoms with Crippen LogP contribution in [0.25, 0.3) is 11.0 Å². The number of rotatable bonds is 3. The van der Waals surface area contributed by atoms with Crippen LogP contribution in [-0.4, -0.2) is 15.9 Å². The van der Waals surface area contributed by atoms with E-state index in [1.807, 2.05) is 48.5 Å². The van der Waals surface area contributed by atoms with Crippen LogP contribution in [-0.2, 0) is 11.2 Å². The van der Waals surface area contributed by atoms with Crippen LogP contribution in [0, 0.1) is 0 Å². The Labute approximate surface area is 116 Å². The number of hydrogen-bond donors (Lipinski definition) is 1. The summed E-state index contributed by atoms with van der Waals surface area (Å²) in [5.41, 5.74) is 3.31. The summed E-state index contributed by atoms with van der Waals surface area (Å²) in [6.07, 6.45) is 3.65. The predicted molar refractivity (Wildman–Crippen MR) is 78.3 cm³/mol. The third-order valence-corrected chi connectivity index (χ3v) is 2.96. The molecule has 0 spiro atoms. The molecule has 4 nitrogen and oxygen atoms in total. The van der Waals surface area contributed by atoms with E-state index in [9.17, 15) is 4.79 Å². The van der Waals surface area contributed by atoms with Crippen molar-refractivity contribution in [3.05, 3.63) is 66.5 Å². The van der Waals surface area contributed by atoms with E-state index in [1.165, 1.54) is 0 Å². The zero-order chi connectivity index (χ0) is 13.8. The first-order chi connectivity index (χ1) is 9.81. The summed E-state index contributed by atoms with van der Waals surface area (Å²) in [5, 5.41) is 2.88. The van der Waals surface area contributed by atoms with Gasteiger partial charge in [0.1, 0.15) is 0 Å². The number of carbonyl (C=O) groups is 1. The molecular formula is C16H13N3O. The Kier molecular flexibility index (Phi) is 3.37. The van der Waals surface area contributed by atoms with Crippen LogP contribution in [0.4, 0.5) is 5.69 Å². The van der Waals surface area contributed by atoms with Crippen molar-refractivity contribution >= 4 is 22.6 Å². The van der Waals surface area contributed by atoms with Gasteiger partial charge in [0.05, 0.1) is 17.5 Å². The van der Waals surface area contributed by atoms with Gasteiger partial charge in [-0.15, -0.1) is 0 Å². The Hall–Kier alpha value is -2.75. The van der Waals surface area contributed by atoms with E-state index in [0.29, 0.717) is 6.42 Å². The lowest BCUT2D eigenvalue weighted by Crippen LogP contribution is -2.14. The average molecular weight is 263 g/mol. The van der Waals surface area contributed by atoms with Gasteiger partial charge in [-0.1, -0.05) is 30.3 Å². The van der Waals surface area contributed by atoms with Gasteiger partial charge in [-0.3, -0.25) is 14.8 Å². The lowest BCUT2D eigenvalue weighted by Gasteiger charge is -2.06. The molecule has 0 saturated carbocycles. The molecule has 1 aromatic heterocycles. The van der Waals surface area contributed by atoms with Crippen LogP contribution in [0.15, 0.2) is 60.9 Å². The molecule has 0 radical (unpaired) electrons. The van der Waals surface area contributed by atoms with Crippen molar-refractivity contribution in [1.82, 2.24) is 9.97 Å². The van der Waals surface area contributed by atoms with E-state index in [0.717, 1.165) is 22.3 Å². The fourth-order valence-electron chi connectivity index (χ4n) is 2.03. The fourth-order valence-corrected chi connectivity index (χ4v) is 2.03. The van der Waals surface area contributed by atoms with E-state index in [2.05, 4.69) is 15.3 Å². The molecule has 4 heteroatoms. The van der Waals surface area contributed by atoms with Gasteiger partial charge < -0.3 is 5.32 Å². The van der Waals surface area contributed by atoms with E-state index < -0.39 is 0 Å². The van der Waals surface area contributed by atoms with E-state index in [1.54, 1.807) is 12.4 Å². The number of aromatic nitrogens is 2. The highest BCUT2D eigenvalue weighted by Crippen LogP contribution is 2.15. The smallest absolute Gasteiger partial charge is 0.228 e. The molecular weight excluding hydrogens is 250 g/mol. The zero-order valence-electron chi connectivity index (χ0n) is 10.8. The summed E-state index contributed by atoms with van der Waals surface area (Å²) >= 11 is 0. The molecule has 20 heavy (non-hydrogen) atoms. The number of carbonyl (C=O) groups excluding carboxylic acids is 1. The lowest BCUT2D eigenvalue weighted by atomic mass is 10.1. The maximum atomic E-state index is 12.0. The molecule has 0 bridgehead atoms. The number of amides is 1. The molecule has 0 fully saturated rings. The largest absolute Gasteiger partial charge is 0.326 e. The van der Waals surface area contributed by atoms with Gasteiger partial charge in [0.15, 0.2) is 0 Å². The van der Waals surface area contributed by atoms with E-state index >= 15 is 0 Å². The maximum absolute atomic E-state index is 12.0. The van der Waals surface area contributed by atoms with Crippen molar-refractivity contribution in [2.24, 2.45) is 0 Å². The van der Waals surface area contributed by atoms with Crippen LogP contribution in [0.5, 0.6) is 0 Å². The first kappa shape index (κ1) is 12.3. The summed E-state index contributed by atoms with van der Waals surface area (Å²) in [4.78, 5) is 20.4. The third kappa shape index (κ3) is 2.80. The van der Waals surface area contributed by atoms with Crippen molar-refractivity contribution in [2.45, 2.75) is 6.42 Å². The van der Waals surface area contributed by atoms with Gasteiger partial charge in [-0.2, -0.15) is 0 Å². The van der Waals surface area contributed by atoms with Crippen LogP contribution in [0.1, 0.15) is 5.56 Å². The summed E-state index contributed by atoms with van der Waals surface area (Å²) in [6, 6.07) is 15.2. The van der Waals surface area contributed by atoms with Gasteiger partial charge in [-0.25, -0.2) is 0 Å². The van der Waals surface area contributed by atoms with Crippen LogP contribution in [0.3, 0.4) is 0 Å². The lowest BCUT2D eigenvalue weighted by molar-refractivity contribution is -0.115. The second-order valence-electron chi connectivity index (χ2n) is 4.47. The fraction of sp³-hybridized carbons (Fsp3) is 0.0625. The van der Waals surface area contributed by atoms with Crippen molar-refractivity contribution in [2.75, 3.05) is 5.32 Å². The highest BCUT2D eigenvalue weighted by Gasteiger charge is 2.05. The average Bonchev–Trinajstić information content (AvgIpc) is 2.48. The molecule has 0 unspecified atom stereocenters. The Morgan fingerprint density at radius 1 is 0.950 bits per heavy atom. The van der Waals surface area contributed by atoms with Crippen molar-refractivity contribution in [1.29, 1.82) is 0 Å². The standard InChI is InChI=1S/C16H13N3O/c20-16(10-12-4-2-1-3-5-12)19-13-6-7-14-15(11-13)18-9-8-17-14/h1-9,11H,10H2,(H,19,20). The maximum Gasteiger partial charge on any atom is 0.228 e. The quantitative estimate of drug-likeness (QED) is 0.790. The first-order valence-corrected chi connectivity index (χ1v) is 6.36. The van der Waals surface area contributed by atoms with Gasteiger partial charge in [0.2, 0.25) is 5.91 Å². The minimum Gasteiger partial charge on any atom is -0.326 e. The Morgan fingerprint density at radius 2 is 1.70 bits per heavy atom. The molecule has 0 aliphatic rings. The Bertz CT molecular complexity index is 741. The molecule has 3 aromatic rings. The SMILES string of the molecule is O=C(Cc1ccccc1)Nc1ccc2nccnc2c1. The minimum absolute atomic E-state index is 0.0422. The predicted octanol–water partition coefficient (Wildman–Crippen LogP) is 2.81. The molecule has 98 valence electrons. The molecule has 2 aromatic carbocycles. The summed E-state index contributed by atoms with van der Waals surface area (Å²) in [5.74, 6) is -0.0422. The molecule has 3 rings (SSSR count). The molecule has 0 aliphatic carbocycles. The number of nitrogens with zero attached hydrogens (tertiary/aromatic N) is 2. The number of benzene rings is 2. The summed E-state index contributed by atoms with van der Waals surface area (Å²) in [7, 11) is 0. The Morgan fingerprint density at radius 3 is 2.50 bits per heavy atom. The van der Waals surface area contributed by atoms with Crippen molar-refractivity contribution in [3.8, 4) is 0 Å². The second kappa shape index (κ2) is 5.48. The van der Waals surface area contributed by atoms with Crippen LogP contribution in [0.2, 0.25) is 0 Å². The topological polar surface area (TPSA) is 54.9 Å². The van der Waals surface area contributed by atoms with E-state index in [4.69, 9.17) is 0 Å². The number of nitrogens with one attached hydrogen (secondary N) is 1. The molecule has 0 atom stereocenters. The molecule has 1 N–H and O–H groups in total.